The highest BCUT2D eigenvalue weighted by Crippen LogP contribution is 2.27. The third-order valence-corrected chi connectivity index (χ3v) is 4.44. The molecule has 126 valence electrons. The number of rotatable bonds is 7. The van der Waals surface area contributed by atoms with Crippen LogP contribution in [0.2, 0.25) is 0 Å². The predicted molar refractivity (Wildman–Crippen MR) is 101 cm³/mol. The average molecular weight is 322 g/mol. The van der Waals surface area contributed by atoms with Gasteiger partial charge in [0.1, 0.15) is 5.65 Å². The molecule has 0 radical (unpaired) electrons. The Bertz CT molecular complexity index is 806. The number of benzene rings is 1. The fourth-order valence-electron chi connectivity index (χ4n) is 3.06. The third kappa shape index (κ3) is 3.44. The molecule has 2 heterocycles. The van der Waals surface area contributed by atoms with Crippen molar-refractivity contribution in [3.05, 3.63) is 54.4 Å². The van der Waals surface area contributed by atoms with E-state index in [1.165, 1.54) is 18.5 Å². The molecule has 0 aliphatic rings. The predicted octanol–water partition coefficient (Wildman–Crippen LogP) is 4.21. The van der Waals surface area contributed by atoms with Crippen molar-refractivity contribution in [1.82, 2.24) is 14.3 Å². The van der Waals surface area contributed by atoms with Gasteiger partial charge in [0.15, 0.2) is 0 Å². The number of nitrogens with two attached hydrogens (primary N) is 1. The van der Waals surface area contributed by atoms with Gasteiger partial charge in [-0.1, -0.05) is 38.5 Å². The van der Waals surface area contributed by atoms with Crippen LogP contribution in [0.3, 0.4) is 0 Å². The number of pyridine rings is 1. The topological polar surface area (TPSA) is 46.6 Å². The largest absolute Gasteiger partial charge is 0.399 e. The van der Waals surface area contributed by atoms with Crippen molar-refractivity contribution in [3.63, 3.8) is 0 Å². The molecule has 0 spiro atoms. The molecule has 0 unspecified atom stereocenters. The van der Waals surface area contributed by atoms with E-state index in [-0.39, 0.29) is 0 Å². The minimum atomic E-state index is 0.772. The summed E-state index contributed by atoms with van der Waals surface area (Å²) in [6.45, 7) is 7.50. The van der Waals surface area contributed by atoms with Crippen molar-refractivity contribution in [3.8, 4) is 11.3 Å². The zero-order valence-corrected chi connectivity index (χ0v) is 14.6. The maximum atomic E-state index is 5.99. The van der Waals surface area contributed by atoms with E-state index in [1.807, 2.05) is 24.3 Å². The fourth-order valence-corrected chi connectivity index (χ4v) is 3.06. The first-order valence-electron chi connectivity index (χ1n) is 8.77. The first-order valence-corrected chi connectivity index (χ1v) is 8.77. The molecule has 0 saturated carbocycles. The van der Waals surface area contributed by atoms with Gasteiger partial charge in [0, 0.05) is 24.0 Å². The van der Waals surface area contributed by atoms with E-state index < -0.39 is 0 Å². The molecule has 0 saturated heterocycles. The molecular weight excluding hydrogens is 296 g/mol. The smallest absolute Gasteiger partial charge is 0.137 e. The standard InChI is InChI=1S/C20H26N4/c1-3-5-12-23(4-2)15-18-20(16-9-8-10-17(21)14-16)22-19-11-6-7-13-24(18)19/h6-11,13-14H,3-5,12,15,21H2,1-2H3. The van der Waals surface area contributed by atoms with Crippen LogP contribution in [0.1, 0.15) is 32.4 Å². The van der Waals surface area contributed by atoms with Gasteiger partial charge in [-0.05, 0) is 43.8 Å². The summed E-state index contributed by atoms with van der Waals surface area (Å²) in [4.78, 5) is 7.35. The minimum absolute atomic E-state index is 0.772. The molecular formula is C20H26N4. The lowest BCUT2D eigenvalue weighted by Crippen LogP contribution is -2.25. The number of fused-ring (bicyclic) bond motifs is 1. The summed E-state index contributed by atoms with van der Waals surface area (Å²) < 4.78 is 2.20. The number of hydrogen-bond acceptors (Lipinski definition) is 3. The molecule has 2 N–H and O–H groups in total. The van der Waals surface area contributed by atoms with Crippen molar-refractivity contribution >= 4 is 11.3 Å². The van der Waals surface area contributed by atoms with Crippen LogP contribution < -0.4 is 5.73 Å². The number of aromatic nitrogens is 2. The highest BCUT2D eigenvalue weighted by atomic mass is 15.1. The lowest BCUT2D eigenvalue weighted by molar-refractivity contribution is 0.272. The molecule has 0 amide bonds. The van der Waals surface area contributed by atoms with Gasteiger partial charge in [-0.3, -0.25) is 4.90 Å². The van der Waals surface area contributed by atoms with E-state index in [4.69, 9.17) is 10.7 Å². The second-order valence-electron chi connectivity index (χ2n) is 6.18. The SMILES string of the molecule is CCCCN(CC)Cc1c(-c2cccc(N)c2)nc2ccccn12. The van der Waals surface area contributed by atoms with Gasteiger partial charge >= 0.3 is 0 Å². The first-order chi connectivity index (χ1) is 11.7. The summed E-state index contributed by atoms with van der Waals surface area (Å²) in [6, 6.07) is 14.2. The number of hydrogen-bond donors (Lipinski definition) is 1. The van der Waals surface area contributed by atoms with E-state index in [9.17, 15) is 0 Å². The maximum Gasteiger partial charge on any atom is 0.137 e. The van der Waals surface area contributed by atoms with Gasteiger partial charge in [-0.25, -0.2) is 4.98 Å². The van der Waals surface area contributed by atoms with Crippen LogP contribution in [-0.4, -0.2) is 27.4 Å². The molecule has 4 heteroatoms. The Morgan fingerprint density at radius 1 is 1.12 bits per heavy atom. The van der Waals surface area contributed by atoms with Gasteiger partial charge in [0.05, 0.1) is 11.4 Å². The molecule has 3 aromatic rings. The van der Waals surface area contributed by atoms with Crippen LogP contribution in [0.4, 0.5) is 5.69 Å². The molecule has 0 atom stereocenters. The van der Waals surface area contributed by atoms with Crippen molar-refractivity contribution in [2.75, 3.05) is 18.8 Å². The van der Waals surface area contributed by atoms with Crippen LogP contribution in [0.25, 0.3) is 16.9 Å². The fraction of sp³-hybridized carbons (Fsp3) is 0.350. The number of nitrogen functional groups attached to an aromatic ring is 1. The summed E-state index contributed by atoms with van der Waals surface area (Å²) >= 11 is 0. The molecule has 24 heavy (non-hydrogen) atoms. The summed E-state index contributed by atoms with van der Waals surface area (Å²) in [7, 11) is 0. The van der Waals surface area contributed by atoms with Gasteiger partial charge < -0.3 is 10.1 Å². The zero-order valence-electron chi connectivity index (χ0n) is 14.6. The van der Waals surface area contributed by atoms with Crippen molar-refractivity contribution < 1.29 is 0 Å². The summed E-state index contributed by atoms with van der Waals surface area (Å²) in [6.07, 6.45) is 4.53. The molecule has 0 aliphatic heterocycles. The number of imidazole rings is 1. The summed E-state index contributed by atoms with van der Waals surface area (Å²) in [5.74, 6) is 0. The monoisotopic (exact) mass is 322 g/mol. The second-order valence-corrected chi connectivity index (χ2v) is 6.18. The minimum Gasteiger partial charge on any atom is -0.399 e. The van der Waals surface area contributed by atoms with Crippen LogP contribution in [0.5, 0.6) is 0 Å². The van der Waals surface area contributed by atoms with Crippen LogP contribution >= 0.6 is 0 Å². The van der Waals surface area contributed by atoms with E-state index in [2.05, 4.69) is 47.5 Å². The van der Waals surface area contributed by atoms with E-state index in [0.717, 1.165) is 42.2 Å². The van der Waals surface area contributed by atoms with Crippen molar-refractivity contribution in [1.29, 1.82) is 0 Å². The van der Waals surface area contributed by atoms with E-state index in [0.29, 0.717) is 0 Å². The molecule has 0 fully saturated rings. The molecule has 0 bridgehead atoms. The molecule has 0 aliphatic carbocycles. The lowest BCUT2D eigenvalue weighted by Gasteiger charge is -2.20. The molecule has 1 aromatic carbocycles. The van der Waals surface area contributed by atoms with Gasteiger partial charge in [0.25, 0.3) is 0 Å². The Morgan fingerprint density at radius 3 is 2.75 bits per heavy atom. The number of nitrogens with zero attached hydrogens (tertiary/aromatic N) is 3. The Kier molecular flexibility index (Phi) is 5.16. The van der Waals surface area contributed by atoms with Crippen LogP contribution in [-0.2, 0) is 6.54 Å². The Hall–Kier alpha value is -2.33. The van der Waals surface area contributed by atoms with E-state index in [1.54, 1.807) is 0 Å². The highest BCUT2D eigenvalue weighted by molar-refractivity contribution is 5.69. The Labute approximate surface area is 143 Å². The quantitative estimate of drug-likeness (QED) is 0.663. The van der Waals surface area contributed by atoms with Crippen LogP contribution in [0.15, 0.2) is 48.7 Å². The van der Waals surface area contributed by atoms with Gasteiger partial charge in [-0.2, -0.15) is 0 Å². The average Bonchev–Trinajstić information content (AvgIpc) is 2.97. The maximum absolute atomic E-state index is 5.99. The summed E-state index contributed by atoms with van der Waals surface area (Å²) in [5, 5.41) is 0. The molecule has 3 rings (SSSR count). The Balaban J connectivity index is 2.05. The van der Waals surface area contributed by atoms with Gasteiger partial charge in [-0.15, -0.1) is 0 Å². The Morgan fingerprint density at radius 2 is 2.00 bits per heavy atom. The zero-order chi connectivity index (χ0) is 16.9. The first kappa shape index (κ1) is 16.5. The highest BCUT2D eigenvalue weighted by Gasteiger charge is 2.16. The van der Waals surface area contributed by atoms with Gasteiger partial charge in [0.2, 0.25) is 0 Å². The lowest BCUT2D eigenvalue weighted by atomic mass is 10.1. The second kappa shape index (κ2) is 7.49. The summed E-state index contributed by atoms with van der Waals surface area (Å²) in [5.41, 5.74) is 11.1. The molecule has 2 aromatic heterocycles. The number of anilines is 1. The number of unbranched alkanes of at least 4 members (excludes halogenated alkanes) is 1. The third-order valence-electron chi connectivity index (χ3n) is 4.44. The van der Waals surface area contributed by atoms with Crippen LogP contribution in [0, 0.1) is 0 Å². The normalized spacial score (nSPS) is 11.5. The van der Waals surface area contributed by atoms with Crippen molar-refractivity contribution in [2.45, 2.75) is 33.2 Å². The molecule has 4 nitrogen and oxygen atoms in total. The van der Waals surface area contributed by atoms with Crippen molar-refractivity contribution in [2.24, 2.45) is 0 Å². The van der Waals surface area contributed by atoms with E-state index >= 15 is 0 Å².